The Morgan fingerprint density at radius 2 is 2.00 bits per heavy atom. The number of hydrogen-bond donors (Lipinski definition) is 2. The molecule has 0 atom stereocenters. The van der Waals surface area contributed by atoms with Crippen molar-refractivity contribution in [1.29, 1.82) is 0 Å². The smallest absolute Gasteiger partial charge is 0.412 e. The van der Waals surface area contributed by atoms with Gasteiger partial charge in [-0.2, -0.15) is 0 Å². The molecular formula is C16H18N2O6. The summed E-state index contributed by atoms with van der Waals surface area (Å²) in [4.78, 5) is 23.1. The molecule has 0 bridgehead atoms. The van der Waals surface area contributed by atoms with Crippen LogP contribution in [-0.4, -0.2) is 35.0 Å². The van der Waals surface area contributed by atoms with Gasteiger partial charge >= 0.3 is 12.1 Å². The van der Waals surface area contributed by atoms with E-state index < -0.39 is 17.7 Å². The molecule has 0 unspecified atom stereocenters. The maximum atomic E-state index is 11.9. The van der Waals surface area contributed by atoms with Gasteiger partial charge in [0.15, 0.2) is 5.76 Å². The molecule has 0 radical (unpaired) electrons. The highest BCUT2D eigenvalue weighted by Crippen LogP contribution is 2.34. The second kappa shape index (κ2) is 6.61. The topological polar surface area (TPSA) is 111 Å². The zero-order valence-electron chi connectivity index (χ0n) is 13.7. The fraction of sp³-hybridized carbons (Fsp3) is 0.312. The highest BCUT2D eigenvalue weighted by molar-refractivity contribution is 5.95. The van der Waals surface area contributed by atoms with E-state index in [2.05, 4.69) is 10.5 Å². The summed E-state index contributed by atoms with van der Waals surface area (Å²) in [6.07, 6.45) is 0.472. The van der Waals surface area contributed by atoms with Crippen molar-refractivity contribution in [2.24, 2.45) is 0 Å². The number of nitrogens with zero attached hydrogens (tertiary/aromatic N) is 1. The number of nitrogens with one attached hydrogen (secondary N) is 1. The molecule has 24 heavy (non-hydrogen) atoms. The van der Waals surface area contributed by atoms with Gasteiger partial charge in [-0.1, -0.05) is 5.16 Å². The maximum Gasteiger partial charge on any atom is 0.412 e. The van der Waals surface area contributed by atoms with Gasteiger partial charge < -0.3 is 19.1 Å². The number of carbonyl (C=O) groups is 2. The lowest BCUT2D eigenvalue weighted by Crippen LogP contribution is -2.27. The van der Waals surface area contributed by atoms with Crippen molar-refractivity contribution in [3.05, 3.63) is 30.0 Å². The molecule has 2 rings (SSSR count). The van der Waals surface area contributed by atoms with Gasteiger partial charge in [0.25, 0.3) is 0 Å². The van der Waals surface area contributed by atoms with E-state index >= 15 is 0 Å². The fourth-order valence-corrected chi connectivity index (χ4v) is 1.97. The van der Waals surface area contributed by atoms with Gasteiger partial charge in [0, 0.05) is 5.69 Å². The predicted octanol–water partition coefficient (Wildman–Crippen LogP) is 3.40. The van der Waals surface area contributed by atoms with E-state index in [0.717, 1.165) is 6.20 Å². The van der Waals surface area contributed by atoms with Crippen LogP contribution in [0.2, 0.25) is 0 Å². The van der Waals surface area contributed by atoms with E-state index in [4.69, 9.17) is 14.0 Å². The third kappa shape index (κ3) is 4.03. The Morgan fingerprint density at radius 1 is 1.29 bits per heavy atom. The molecule has 0 saturated carbocycles. The van der Waals surface area contributed by atoms with E-state index in [1.54, 1.807) is 32.9 Å². The molecule has 0 aliphatic heterocycles. The number of anilines is 1. The van der Waals surface area contributed by atoms with Crippen molar-refractivity contribution in [3.63, 3.8) is 0 Å². The van der Waals surface area contributed by atoms with Gasteiger partial charge in [-0.25, -0.2) is 9.59 Å². The number of ether oxygens (including phenoxy) is 2. The fourth-order valence-electron chi connectivity index (χ4n) is 1.97. The van der Waals surface area contributed by atoms with Crippen molar-refractivity contribution < 1.29 is 28.7 Å². The normalized spacial score (nSPS) is 11.0. The summed E-state index contributed by atoms with van der Waals surface area (Å²) in [6, 6.07) is 4.70. The third-order valence-corrected chi connectivity index (χ3v) is 2.89. The van der Waals surface area contributed by atoms with Crippen LogP contribution < -0.4 is 10.1 Å². The summed E-state index contributed by atoms with van der Waals surface area (Å²) >= 11 is 0. The number of benzene rings is 1. The number of hydrogen-bond acceptors (Lipinski definition) is 6. The van der Waals surface area contributed by atoms with Gasteiger partial charge in [0.2, 0.25) is 0 Å². The van der Waals surface area contributed by atoms with Gasteiger partial charge in [0.1, 0.15) is 16.9 Å². The number of amides is 1. The van der Waals surface area contributed by atoms with Crippen LogP contribution in [-0.2, 0) is 4.74 Å². The van der Waals surface area contributed by atoms with Gasteiger partial charge in [-0.3, -0.25) is 5.32 Å². The molecule has 0 fully saturated rings. The van der Waals surface area contributed by atoms with Crippen molar-refractivity contribution in [2.45, 2.75) is 26.4 Å². The average Bonchev–Trinajstić information content (AvgIpc) is 2.94. The van der Waals surface area contributed by atoms with Crippen molar-refractivity contribution >= 4 is 17.7 Å². The Balaban J connectivity index is 2.36. The Kier molecular flexibility index (Phi) is 4.77. The van der Waals surface area contributed by atoms with Crippen LogP contribution in [0.25, 0.3) is 11.3 Å². The molecule has 1 aromatic heterocycles. The molecule has 2 N–H and O–H groups in total. The van der Waals surface area contributed by atoms with Crippen molar-refractivity contribution in [2.75, 3.05) is 12.4 Å². The van der Waals surface area contributed by atoms with E-state index in [1.807, 2.05) is 0 Å². The number of aromatic nitrogens is 1. The van der Waals surface area contributed by atoms with E-state index in [-0.39, 0.29) is 11.3 Å². The molecule has 0 aliphatic carbocycles. The van der Waals surface area contributed by atoms with Crippen LogP contribution in [0.15, 0.2) is 28.9 Å². The van der Waals surface area contributed by atoms with Crippen LogP contribution in [0.1, 0.15) is 31.1 Å². The summed E-state index contributed by atoms with van der Waals surface area (Å²) in [7, 11) is 1.44. The number of aromatic carboxylic acids is 1. The van der Waals surface area contributed by atoms with Crippen molar-refractivity contribution in [1.82, 2.24) is 5.16 Å². The van der Waals surface area contributed by atoms with E-state index in [1.165, 1.54) is 13.2 Å². The molecule has 0 aliphatic rings. The number of carboxylic acid groups (broad SMARTS) is 1. The largest absolute Gasteiger partial charge is 0.496 e. The minimum absolute atomic E-state index is 0.0344. The summed E-state index contributed by atoms with van der Waals surface area (Å²) in [6.45, 7) is 5.25. The Labute approximate surface area is 138 Å². The second-order valence-corrected chi connectivity index (χ2v) is 5.92. The Morgan fingerprint density at radius 3 is 2.58 bits per heavy atom. The summed E-state index contributed by atoms with van der Waals surface area (Å²) in [5, 5.41) is 15.3. The molecule has 8 heteroatoms. The lowest BCUT2D eigenvalue weighted by atomic mass is 10.1. The first-order chi connectivity index (χ1) is 11.2. The maximum absolute atomic E-state index is 11.9. The number of carboxylic acids is 1. The van der Waals surface area contributed by atoms with Gasteiger partial charge in [0.05, 0.1) is 18.9 Å². The number of methoxy groups -OCH3 is 1. The lowest BCUT2D eigenvalue weighted by molar-refractivity contribution is 0.0634. The van der Waals surface area contributed by atoms with Crippen LogP contribution >= 0.6 is 0 Å². The highest BCUT2D eigenvalue weighted by atomic mass is 16.6. The molecule has 2 aromatic rings. The van der Waals surface area contributed by atoms with E-state index in [0.29, 0.717) is 17.0 Å². The van der Waals surface area contributed by atoms with Crippen LogP contribution in [0.5, 0.6) is 5.75 Å². The molecule has 1 amide bonds. The molecule has 1 aromatic carbocycles. The number of carbonyl (C=O) groups excluding carboxylic acids is 1. The third-order valence-electron chi connectivity index (χ3n) is 2.89. The molecule has 8 nitrogen and oxygen atoms in total. The highest BCUT2D eigenvalue weighted by Gasteiger charge is 2.22. The summed E-state index contributed by atoms with van der Waals surface area (Å²) in [5.41, 5.74) is -0.00249. The molecule has 1 heterocycles. The predicted molar refractivity (Wildman–Crippen MR) is 85.3 cm³/mol. The average molecular weight is 334 g/mol. The monoisotopic (exact) mass is 334 g/mol. The summed E-state index contributed by atoms with van der Waals surface area (Å²) in [5.74, 6) is -0.769. The van der Waals surface area contributed by atoms with Crippen LogP contribution in [0.4, 0.5) is 10.5 Å². The first-order valence-corrected chi connectivity index (χ1v) is 7.07. The molecule has 0 spiro atoms. The molecule has 0 saturated heterocycles. The van der Waals surface area contributed by atoms with Gasteiger partial charge in [-0.05, 0) is 39.0 Å². The number of rotatable bonds is 4. The Bertz CT molecular complexity index is 760. The second-order valence-electron chi connectivity index (χ2n) is 5.92. The molecule has 128 valence electrons. The standard InChI is InChI=1S/C16H18N2O6/c1-16(2,3)23-15(21)18-9-5-6-12(22-4)10(7-9)13-11(14(19)20)8-17-24-13/h5-8H,1-4H3,(H,18,21)(H,19,20). The van der Waals surface area contributed by atoms with Crippen molar-refractivity contribution in [3.8, 4) is 17.1 Å². The minimum atomic E-state index is -1.18. The first kappa shape index (κ1) is 17.3. The SMILES string of the molecule is COc1ccc(NC(=O)OC(C)(C)C)cc1-c1oncc1C(=O)O. The zero-order valence-corrected chi connectivity index (χ0v) is 13.7. The molecular weight excluding hydrogens is 316 g/mol. The van der Waals surface area contributed by atoms with Gasteiger partial charge in [-0.15, -0.1) is 0 Å². The van der Waals surface area contributed by atoms with Crippen LogP contribution in [0.3, 0.4) is 0 Å². The van der Waals surface area contributed by atoms with Crippen LogP contribution in [0, 0.1) is 0 Å². The minimum Gasteiger partial charge on any atom is -0.496 e. The Hall–Kier alpha value is -3.03. The quantitative estimate of drug-likeness (QED) is 0.881. The lowest BCUT2D eigenvalue weighted by Gasteiger charge is -2.20. The first-order valence-electron chi connectivity index (χ1n) is 7.07. The van der Waals surface area contributed by atoms with E-state index in [9.17, 15) is 14.7 Å². The summed E-state index contributed by atoms with van der Waals surface area (Å²) < 4.78 is 15.4. The zero-order chi connectivity index (χ0) is 17.9.